The Balaban J connectivity index is 2.14. The number of aliphatic hydroxyl groups excluding tert-OH is 1. The van der Waals surface area contributed by atoms with Crippen LogP contribution >= 0.6 is 0 Å². The minimum Gasteiger partial charge on any atom is -0.507 e. The van der Waals surface area contributed by atoms with Gasteiger partial charge >= 0.3 is 0 Å². The summed E-state index contributed by atoms with van der Waals surface area (Å²) in [7, 11) is 3.06. The van der Waals surface area contributed by atoms with Gasteiger partial charge in [0.05, 0.1) is 32.4 Å². The van der Waals surface area contributed by atoms with E-state index in [1.165, 1.54) is 19.1 Å². The smallest absolute Gasteiger partial charge is 0.295 e. The number of carbonyl (C=O) groups is 2. The molecule has 0 radical (unpaired) electrons. The largest absolute Gasteiger partial charge is 0.507 e. The fourth-order valence-corrected chi connectivity index (χ4v) is 4.05. The Labute approximate surface area is 194 Å². The van der Waals surface area contributed by atoms with E-state index in [0.29, 0.717) is 42.2 Å². The predicted molar refractivity (Wildman–Crippen MR) is 126 cm³/mol. The van der Waals surface area contributed by atoms with Gasteiger partial charge < -0.3 is 24.2 Å². The summed E-state index contributed by atoms with van der Waals surface area (Å²) < 4.78 is 16.5. The first-order valence-corrected chi connectivity index (χ1v) is 11.1. The van der Waals surface area contributed by atoms with Crippen LogP contribution in [0.15, 0.2) is 42.0 Å². The number of aliphatic hydroxyl groups is 1. The van der Waals surface area contributed by atoms with Crippen LogP contribution in [0.5, 0.6) is 17.2 Å². The number of hydrogen-bond acceptors (Lipinski definition) is 6. The van der Waals surface area contributed by atoms with Crippen LogP contribution in [0, 0.1) is 6.92 Å². The number of carbonyl (C=O) groups excluding carboxylic acids is 2. The number of methoxy groups -OCH3 is 2. The monoisotopic (exact) mass is 453 g/mol. The zero-order valence-corrected chi connectivity index (χ0v) is 19.8. The van der Waals surface area contributed by atoms with Crippen LogP contribution in [0.25, 0.3) is 5.76 Å². The van der Waals surface area contributed by atoms with Crippen molar-refractivity contribution in [2.24, 2.45) is 0 Å². The number of aryl methyl sites for hydroxylation is 1. The Morgan fingerprint density at radius 3 is 2.27 bits per heavy atom. The minimum atomic E-state index is -0.735. The third kappa shape index (κ3) is 4.67. The molecule has 1 heterocycles. The molecule has 2 aromatic carbocycles. The lowest BCUT2D eigenvalue weighted by Crippen LogP contribution is -2.30. The molecule has 0 bridgehead atoms. The van der Waals surface area contributed by atoms with Crippen LogP contribution in [0.1, 0.15) is 49.4 Å². The highest BCUT2D eigenvalue weighted by Crippen LogP contribution is 2.42. The molecule has 1 fully saturated rings. The summed E-state index contributed by atoms with van der Waals surface area (Å²) in [5.74, 6) is 0.188. The molecule has 1 unspecified atom stereocenters. The van der Waals surface area contributed by atoms with E-state index in [9.17, 15) is 14.7 Å². The second-order valence-corrected chi connectivity index (χ2v) is 7.94. The van der Waals surface area contributed by atoms with Gasteiger partial charge in [0.1, 0.15) is 11.5 Å². The summed E-state index contributed by atoms with van der Waals surface area (Å²) in [6, 6.07) is 9.74. The molecular weight excluding hydrogens is 422 g/mol. The van der Waals surface area contributed by atoms with Crippen molar-refractivity contribution in [1.82, 2.24) is 4.90 Å². The molecule has 0 spiro atoms. The molecule has 7 heteroatoms. The molecule has 1 saturated heterocycles. The number of ether oxygens (including phenoxy) is 3. The highest BCUT2D eigenvalue weighted by Gasteiger charge is 2.45. The molecule has 0 saturated carbocycles. The molecule has 1 N–H and O–H groups in total. The molecule has 1 aliphatic heterocycles. The molecule has 0 aromatic heterocycles. The molecule has 1 atom stereocenters. The van der Waals surface area contributed by atoms with Crippen molar-refractivity contribution in [3.8, 4) is 17.2 Å². The minimum absolute atomic E-state index is 0.0577. The van der Waals surface area contributed by atoms with Crippen molar-refractivity contribution < 1.29 is 28.9 Å². The van der Waals surface area contributed by atoms with Crippen molar-refractivity contribution in [2.75, 3.05) is 27.4 Å². The Morgan fingerprint density at radius 1 is 0.970 bits per heavy atom. The van der Waals surface area contributed by atoms with Gasteiger partial charge in [0.2, 0.25) is 0 Å². The van der Waals surface area contributed by atoms with Crippen molar-refractivity contribution in [3.63, 3.8) is 0 Å². The fourth-order valence-electron chi connectivity index (χ4n) is 4.05. The highest BCUT2D eigenvalue weighted by molar-refractivity contribution is 6.46. The Morgan fingerprint density at radius 2 is 1.67 bits per heavy atom. The molecule has 7 nitrogen and oxygen atoms in total. The number of Topliss-reactive ketones (excluding diaryl/α,β-unsaturated/α-hetero) is 1. The molecule has 0 aliphatic carbocycles. The zero-order chi connectivity index (χ0) is 24.1. The number of likely N-dealkylation sites (tertiary alicyclic amines) is 1. The van der Waals surface area contributed by atoms with E-state index in [-0.39, 0.29) is 11.3 Å². The Hall–Kier alpha value is -3.48. The van der Waals surface area contributed by atoms with Crippen LogP contribution in [0.2, 0.25) is 0 Å². The number of ketones is 1. The summed E-state index contributed by atoms with van der Waals surface area (Å²) in [6.45, 7) is 6.81. The van der Waals surface area contributed by atoms with E-state index in [2.05, 4.69) is 0 Å². The number of rotatable bonds is 9. The highest BCUT2D eigenvalue weighted by atomic mass is 16.5. The first kappa shape index (κ1) is 24.2. The van der Waals surface area contributed by atoms with Gasteiger partial charge in [-0.2, -0.15) is 0 Å². The first-order valence-electron chi connectivity index (χ1n) is 11.1. The predicted octanol–water partition coefficient (Wildman–Crippen LogP) is 4.63. The second kappa shape index (κ2) is 10.4. The van der Waals surface area contributed by atoms with Crippen molar-refractivity contribution >= 4 is 17.4 Å². The lowest BCUT2D eigenvalue weighted by molar-refractivity contribution is -0.139. The summed E-state index contributed by atoms with van der Waals surface area (Å²) in [5.41, 5.74) is 2.00. The normalized spacial score (nSPS) is 17.4. The molecule has 1 amide bonds. The maximum Gasteiger partial charge on any atom is 0.295 e. The maximum absolute atomic E-state index is 13.1. The zero-order valence-electron chi connectivity index (χ0n) is 19.8. The van der Waals surface area contributed by atoms with Crippen molar-refractivity contribution in [1.29, 1.82) is 0 Å². The number of benzene rings is 2. The van der Waals surface area contributed by atoms with Gasteiger partial charge in [0, 0.05) is 12.1 Å². The summed E-state index contributed by atoms with van der Waals surface area (Å²) in [6.07, 6.45) is 1.55. The third-order valence-electron chi connectivity index (χ3n) is 5.64. The summed E-state index contributed by atoms with van der Waals surface area (Å²) in [4.78, 5) is 27.5. The third-order valence-corrected chi connectivity index (χ3v) is 5.64. The molecular formula is C26H31NO6. The second-order valence-electron chi connectivity index (χ2n) is 7.94. The van der Waals surface area contributed by atoms with Crippen LogP contribution in [-0.4, -0.2) is 49.1 Å². The van der Waals surface area contributed by atoms with Crippen LogP contribution in [0.3, 0.4) is 0 Å². The fraction of sp³-hybridized carbons (Fsp3) is 0.385. The van der Waals surface area contributed by atoms with E-state index in [0.717, 1.165) is 17.7 Å². The van der Waals surface area contributed by atoms with Crippen LogP contribution in [-0.2, 0) is 9.59 Å². The van der Waals surface area contributed by atoms with Crippen LogP contribution in [0.4, 0.5) is 0 Å². The van der Waals surface area contributed by atoms with E-state index < -0.39 is 17.7 Å². The number of amides is 1. The Bertz CT molecular complexity index is 1070. The SMILES string of the molecule is CCCOc1ccc(/C(O)=C2/C(=O)C(=O)N(CCC)C2c2ccc(OC)c(OC)c2)cc1C. The molecule has 3 rings (SSSR count). The van der Waals surface area contributed by atoms with Gasteiger partial charge in [0.25, 0.3) is 11.7 Å². The lowest BCUT2D eigenvalue weighted by atomic mass is 9.94. The molecule has 176 valence electrons. The van der Waals surface area contributed by atoms with Gasteiger partial charge in [-0.3, -0.25) is 9.59 Å². The molecule has 33 heavy (non-hydrogen) atoms. The Kier molecular flexibility index (Phi) is 7.63. The van der Waals surface area contributed by atoms with Gasteiger partial charge in [-0.05, 0) is 61.2 Å². The van der Waals surface area contributed by atoms with Gasteiger partial charge in [0.15, 0.2) is 11.5 Å². The molecule has 2 aromatic rings. The number of nitrogens with zero attached hydrogens (tertiary/aromatic N) is 1. The van der Waals surface area contributed by atoms with Gasteiger partial charge in [-0.15, -0.1) is 0 Å². The standard InChI is InChI=1S/C26H31NO6/c1-6-12-27-23(17-8-11-20(31-4)21(15-17)32-5)22(25(29)26(27)30)24(28)18-9-10-19(16(3)14-18)33-13-7-2/h8-11,14-15,23,28H,6-7,12-13H2,1-5H3/b24-22-. The maximum atomic E-state index is 13.1. The number of hydrogen-bond donors (Lipinski definition) is 1. The molecule has 1 aliphatic rings. The average Bonchev–Trinajstić information content (AvgIpc) is 3.07. The quantitative estimate of drug-likeness (QED) is 0.338. The van der Waals surface area contributed by atoms with Gasteiger partial charge in [-0.1, -0.05) is 19.9 Å². The average molecular weight is 454 g/mol. The van der Waals surface area contributed by atoms with E-state index in [4.69, 9.17) is 14.2 Å². The van der Waals surface area contributed by atoms with E-state index in [1.54, 1.807) is 36.4 Å². The first-order chi connectivity index (χ1) is 15.9. The van der Waals surface area contributed by atoms with Crippen LogP contribution < -0.4 is 14.2 Å². The van der Waals surface area contributed by atoms with Gasteiger partial charge in [-0.25, -0.2) is 0 Å². The van der Waals surface area contributed by atoms with E-state index in [1.807, 2.05) is 20.8 Å². The van der Waals surface area contributed by atoms with Crippen molar-refractivity contribution in [2.45, 2.75) is 39.7 Å². The summed E-state index contributed by atoms with van der Waals surface area (Å²) >= 11 is 0. The van der Waals surface area contributed by atoms with E-state index >= 15 is 0 Å². The van der Waals surface area contributed by atoms with Crippen molar-refractivity contribution in [3.05, 3.63) is 58.7 Å². The summed E-state index contributed by atoms with van der Waals surface area (Å²) in [5, 5.41) is 11.2. The topological polar surface area (TPSA) is 85.3 Å². The lowest BCUT2D eigenvalue weighted by Gasteiger charge is -2.25.